The van der Waals surface area contributed by atoms with Crippen molar-refractivity contribution in [2.45, 2.75) is 160 Å². The van der Waals surface area contributed by atoms with Crippen LogP contribution in [0.4, 0.5) is 19.4 Å². The molecule has 5 N–H and O–H groups in total. The number of ether oxygens (including phenoxy) is 2. The first-order chi connectivity index (χ1) is 41.0. The Morgan fingerprint density at radius 3 is 2.45 bits per heavy atom. The zero-order valence-electron chi connectivity index (χ0n) is 49.5. The number of benzene rings is 3. The van der Waals surface area contributed by atoms with Gasteiger partial charge in [-0.15, -0.1) is 11.3 Å². The number of aromatic nitrogens is 4. The summed E-state index contributed by atoms with van der Waals surface area (Å²) < 4.78 is 45.0. The Morgan fingerprint density at radius 2 is 1.71 bits per heavy atom. The smallest absolute Gasteiger partial charge is 0.407 e. The number of piperazine rings is 1. The molecule has 85 heavy (non-hydrogen) atoms. The molecule has 6 aromatic rings. The molecule has 5 saturated heterocycles. The highest BCUT2D eigenvalue weighted by Gasteiger charge is 2.50. The molecule has 0 saturated carbocycles. The number of hydrogen-bond donors (Lipinski definition) is 5. The molecule has 3 aromatic heterocycles. The third-order valence-electron chi connectivity index (χ3n) is 18.7. The summed E-state index contributed by atoms with van der Waals surface area (Å²) in [4.78, 5) is 80.7. The molecule has 5 aliphatic heterocycles. The number of hydrogen-bond acceptors (Lipinski definition) is 15. The number of phenols is 1. The van der Waals surface area contributed by atoms with E-state index in [1.165, 1.54) is 18.2 Å². The number of anilines is 1. The summed E-state index contributed by atoms with van der Waals surface area (Å²) >= 11 is 1.59. The molecule has 0 aliphatic carbocycles. The van der Waals surface area contributed by atoms with Crippen LogP contribution in [0.5, 0.6) is 11.8 Å². The van der Waals surface area contributed by atoms with E-state index in [2.05, 4.69) is 41.0 Å². The molecular formula is C64H79F2N11O7S. The zero-order valence-corrected chi connectivity index (χ0v) is 50.3. The largest absolute Gasteiger partial charge is 0.508 e. The summed E-state index contributed by atoms with van der Waals surface area (Å²) in [6.45, 7) is 15.0. The van der Waals surface area contributed by atoms with Gasteiger partial charge in [0.05, 0.1) is 33.0 Å². The van der Waals surface area contributed by atoms with Gasteiger partial charge in [-0.1, -0.05) is 58.0 Å². The van der Waals surface area contributed by atoms with Crippen molar-refractivity contribution in [3.63, 3.8) is 0 Å². The van der Waals surface area contributed by atoms with Gasteiger partial charge < -0.3 is 45.6 Å². The van der Waals surface area contributed by atoms with Crippen LogP contribution in [0, 0.1) is 30.4 Å². The molecule has 2 bridgehead atoms. The van der Waals surface area contributed by atoms with E-state index in [0.29, 0.717) is 85.8 Å². The summed E-state index contributed by atoms with van der Waals surface area (Å²) in [5.41, 5.74) is 5.08. The number of thiazole rings is 1. The molecule has 3 aromatic carbocycles. The highest BCUT2D eigenvalue weighted by atomic mass is 32.1. The second-order valence-electron chi connectivity index (χ2n) is 24.5. The number of carbonyl (C=O) groups is 4. The van der Waals surface area contributed by atoms with Crippen molar-refractivity contribution in [1.82, 2.24) is 51.0 Å². The maximum absolute atomic E-state index is 17.3. The number of halogens is 2. The van der Waals surface area contributed by atoms with Gasteiger partial charge in [-0.25, -0.2) is 18.6 Å². The zero-order chi connectivity index (χ0) is 59.7. The summed E-state index contributed by atoms with van der Waals surface area (Å²) in [7, 11) is 0. The second-order valence-corrected chi connectivity index (χ2v) is 25.3. The standard InChI is InChI=1S/C64H79F2N11O7S/c1-7-47-50(65)21-18-42-28-46(78)29-48(53(42)47)56-54(66)57-49(30-68-56)59(75-31-43-19-20-44(32-75)71-43)74-62(73-57)84-34-64-23-11-27-77(64)45(22-24-64)33-83-63(82)67-25-9-8-13-52(79)72-55(37(4)36(2)3)61(81)76-26-10-12-51(76)60(80)70-38(5)40-14-16-41(17-15-40)58-39(6)69-35-85-58/h14-18,21,28-30,35-38,43-45,51,55,71,78H,7-13,19-20,22-27,31-34H2,1-6H3,(H,67,82)(H,70,80)(H,72,79)/t37?,38-,43?,44?,45+,51-,55?,64?/m0/s1. The number of likely N-dealkylation sites (tertiary alicyclic amines) is 1. The van der Waals surface area contributed by atoms with Gasteiger partial charge >= 0.3 is 12.1 Å². The molecule has 0 radical (unpaired) electrons. The Morgan fingerprint density at radius 1 is 0.918 bits per heavy atom. The fourth-order valence-electron chi connectivity index (χ4n) is 13.8. The molecule has 5 unspecified atom stereocenters. The third-order valence-corrected chi connectivity index (χ3v) is 19.7. The topological polar surface area (TPSA) is 216 Å². The molecule has 452 valence electrons. The van der Waals surface area contributed by atoms with E-state index in [1.54, 1.807) is 28.5 Å². The fourth-order valence-corrected chi connectivity index (χ4v) is 14.6. The van der Waals surface area contributed by atoms with Crippen molar-refractivity contribution in [2.75, 3.05) is 50.8 Å². The number of carbonyl (C=O) groups excluding carboxylic acids is 4. The maximum Gasteiger partial charge on any atom is 0.407 e. The van der Waals surface area contributed by atoms with E-state index in [4.69, 9.17) is 19.4 Å². The van der Waals surface area contributed by atoms with Crippen LogP contribution in [0.2, 0.25) is 0 Å². The van der Waals surface area contributed by atoms with E-state index in [0.717, 1.165) is 66.8 Å². The van der Waals surface area contributed by atoms with Crippen molar-refractivity contribution in [3.05, 3.63) is 88.7 Å². The number of amides is 4. The van der Waals surface area contributed by atoms with E-state index in [-0.39, 0.29) is 107 Å². The van der Waals surface area contributed by atoms with Crippen molar-refractivity contribution >= 4 is 62.6 Å². The molecule has 18 nitrogen and oxygen atoms in total. The van der Waals surface area contributed by atoms with Crippen LogP contribution in [0.1, 0.15) is 128 Å². The Hall–Kier alpha value is -7.10. The Kier molecular flexibility index (Phi) is 17.9. The molecule has 21 heteroatoms. The monoisotopic (exact) mass is 1180 g/mol. The number of aromatic hydroxyl groups is 1. The third kappa shape index (κ3) is 12.5. The SMILES string of the molecule is CCc1c(F)ccc2cc(O)cc(-c3ncc4c(N5CC6CCC(C5)N6)nc(OCC56CCCN5[C@@H](COC(=O)NCCCCC(=O)NC(C(=O)N5CCC[C@H]5C(=O)N[C@@H](C)c5ccc(-c7scnc7C)cc5)C(C)C(C)C)CC6)nc4c3F)c12. The minimum Gasteiger partial charge on any atom is -0.508 e. The van der Waals surface area contributed by atoms with E-state index >= 15 is 8.78 Å². The van der Waals surface area contributed by atoms with Crippen molar-refractivity contribution in [3.8, 4) is 33.5 Å². The quantitative estimate of drug-likeness (QED) is 0.0424. The van der Waals surface area contributed by atoms with Gasteiger partial charge in [0.1, 0.15) is 53.9 Å². The number of unbranched alkanes of at least 4 members (excludes halogenated alkanes) is 1. The van der Waals surface area contributed by atoms with Gasteiger partial charge in [0.25, 0.3) is 0 Å². The van der Waals surface area contributed by atoms with Gasteiger partial charge in [0, 0.05) is 62.5 Å². The number of pyridine rings is 1. The highest BCUT2D eigenvalue weighted by molar-refractivity contribution is 7.13. The highest BCUT2D eigenvalue weighted by Crippen LogP contribution is 2.44. The number of phenolic OH excluding ortho intramolecular Hbond substituents is 1. The Balaban J connectivity index is 0.672. The second kappa shape index (κ2) is 25.5. The fraction of sp³-hybridized carbons (Fsp3) is 0.531. The minimum absolute atomic E-state index is 0.0218. The van der Waals surface area contributed by atoms with E-state index in [1.807, 2.05) is 71.3 Å². The van der Waals surface area contributed by atoms with Crippen LogP contribution >= 0.6 is 11.3 Å². The van der Waals surface area contributed by atoms with Crippen molar-refractivity contribution in [2.24, 2.45) is 11.8 Å². The predicted molar refractivity (Wildman–Crippen MR) is 323 cm³/mol. The predicted octanol–water partition coefficient (Wildman–Crippen LogP) is 9.68. The first kappa shape index (κ1) is 59.6. The molecule has 8 heterocycles. The maximum atomic E-state index is 17.3. The minimum atomic E-state index is -0.803. The van der Waals surface area contributed by atoms with Crippen molar-refractivity contribution in [1.29, 1.82) is 0 Å². The lowest BCUT2D eigenvalue weighted by Gasteiger charge is -2.35. The number of alkyl carbamates (subject to hydrolysis) is 1. The molecule has 11 rings (SSSR count). The van der Waals surface area contributed by atoms with Gasteiger partial charge in [-0.3, -0.25) is 24.3 Å². The normalized spacial score (nSPS) is 22.2. The molecule has 5 fully saturated rings. The van der Waals surface area contributed by atoms with Gasteiger partial charge in [-0.2, -0.15) is 9.97 Å². The lowest BCUT2D eigenvalue weighted by molar-refractivity contribution is -0.143. The average Bonchev–Trinajstić information content (AvgIpc) is 1.74. The van der Waals surface area contributed by atoms with E-state index < -0.39 is 29.8 Å². The summed E-state index contributed by atoms with van der Waals surface area (Å²) in [6, 6.07) is 12.8. The Bertz CT molecular complexity index is 3450. The summed E-state index contributed by atoms with van der Waals surface area (Å²) in [5, 5.41) is 24.9. The first-order valence-electron chi connectivity index (χ1n) is 30.5. The molecule has 8 atom stereocenters. The van der Waals surface area contributed by atoms with Crippen LogP contribution in [0.15, 0.2) is 60.2 Å². The number of rotatable bonds is 21. The van der Waals surface area contributed by atoms with Gasteiger partial charge in [0.2, 0.25) is 17.7 Å². The number of fused-ring (bicyclic) bond motifs is 5. The summed E-state index contributed by atoms with van der Waals surface area (Å²) in [6.07, 6.45) is 9.12. The lowest BCUT2D eigenvalue weighted by Crippen LogP contribution is -2.56. The van der Waals surface area contributed by atoms with Gasteiger partial charge in [-0.05, 0) is 149 Å². The van der Waals surface area contributed by atoms with Gasteiger partial charge in [0.15, 0.2) is 5.82 Å². The van der Waals surface area contributed by atoms with Crippen LogP contribution in [0.3, 0.4) is 0 Å². The van der Waals surface area contributed by atoms with Crippen molar-refractivity contribution < 1.29 is 42.5 Å². The average molecular weight is 1180 g/mol. The number of aryl methyl sites for hydroxylation is 2. The van der Waals surface area contributed by atoms with E-state index in [9.17, 15) is 24.3 Å². The molecule has 0 spiro atoms. The molecular weight excluding hydrogens is 1100 g/mol. The lowest BCUT2D eigenvalue weighted by atomic mass is 9.89. The molecule has 4 amide bonds. The summed E-state index contributed by atoms with van der Waals surface area (Å²) in [5.74, 6) is -1.55. The van der Waals surface area contributed by atoms with Crippen LogP contribution < -0.4 is 30.9 Å². The van der Waals surface area contributed by atoms with Crippen LogP contribution in [0.25, 0.3) is 43.4 Å². The number of nitrogens with one attached hydrogen (secondary N) is 4. The van der Waals surface area contributed by atoms with Crippen LogP contribution in [-0.2, 0) is 25.5 Å². The Labute approximate surface area is 499 Å². The number of nitrogens with zero attached hydrogens (tertiary/aromatic N) is 7. The van der Waals surface area contributed by atoms with Crippen LogP contribution in [-0.4, -0.2) is 140 Å². The first-order valence-corrected chi connectivity index (χ1v) is 31.4. The molecule has 5 aliphatic rings.